The van der Waals surface area contributed by atoms with E-state index in [1.807, 2.05) is 28.8 Å². The number of aromatic nitrogens is 5. The van der Waals surface area contributed by atoms with E-state index in [2.05, 4.69) is 20.1 Å². The van der Waals surface area contributed by atoms with Gasteiger partial charge in [-0.25, -0.2) is 13.8 Å². The molecule has 1 fully saturated rings. The second kappa shape index (κ2) is 7.51. The quantitative estimate of drug-likeness (QED) is 0.684. The Bertz CT molecular complexity index is 977. The van der Waals surface area contributed by atoms with Crippen molar-refractivity contribution in [2.45, 2.75) is 32.4 Å². The van der Waals surface area contributed by atoms with Crippen molar-refractivity contribution in [3.63, 3.8) is 0 Å². The Balaban J connectivity index is 1.34. The van der Waals surface area contributed by atoms with Crippen LogP contribution in [0.2, 0.25) is 0 Å². The SMILES string of the molecule is O=c1cc(C(F)F)ncn1CC1CCN(Cc2nnc3ccccn23)CC1. The Labute approximate surface area is 154 Å². The summed E-state index contributed by atoms with van der Waals surface area (Å²) < 4.78 is 28.6. The molecule has 0 unspecified atom stereocenters. The normalized spacial score (nSPS) is 16.4. The van der Waals surface area contributed by atoms with Crippen LogP contribution < -0.4 is 5.56 Å². The predicted octanol–water partition coefficient (Wildman–Crippen LogP) is 2.14. The minimum absolute atomic E-state index is 0.327. The van der Waals surface area contributed by atoms with Gasteiger partial charge in [-0.1, -0.05) is 6.07 Å². The van der Waals surface area contributed by atoms with Gasteiger partial charge in [0.2, 0.25) is 0 Å². The zero-order chi connectivity index (χ0) is 18.8. The maximum absolute atomic E-state index is 12.6. The fourth-order valence-electron chi connectivity index (χ4n) is 3.50. The summed E-state index contributed by atoms with van der Waals surface area (Å²) in [6.07, 6.45) is 2.33. The molecule has 0 amide bonds. The van der Waals surface area contributed by atoms with E-state index in [4.69, 9.17) is 0 Å². The third-order valence-electron chi connectivity index (χ3n) is 5.04. The maximum atomic E-state index is 12.6. The van der Waals surface area contributed by atoms with Gasteiger partial charge in [0.05, 0.1) is 12.9 Å². The van der Waals surface area contributed by atoms with Crippen molar-refractivity contribution in [3.8, 4) is 0 Å². The molecule has 0 bridgehead atoms. The highest BCUT2D eigenvalue weighted by Crippen LogP contribution is 2.20. The van der Waals surface area contributed by atoms with Crippen molar-refractivity contribution in [1.29, 1.82) is 0 Å². The lowest BCUT2D eigenvalue weighted by atomic mass is 9.96. The number of hydrogen-bond donors (Lipinski definition) is 0. The van der Waals surface area contributed by atoms with Gasteiger partial charge in [-0.05, 0) is 44.0 Å². The van der Waals surface area contributed by atoms with Gasteiger partial charge in [-0.15, -0.1) is 10.2 Å². The number of alkyl halides is 2. The molecule has 1 aliphatic rings. The van der Waals surface area contributed by atoms with Crippen molar-refractivity contribution in [2.75, 3.05) is 13.1 Å². The molecule has 1 saturated heterocycles. The highest BCUT2D eigenvalue weighted by molar-refractivity contribution is 5.36. The van der Waals surface area contributed by atoms with Crippen molar-refractivity contribution in [3.05, 3.63) is 58.7 Å². The smallest absolute Gasteiger partial charge is 0.280 e. The molecule has 0 aliphatic carbocycles. The molecule has 0 saturated carbocycles. The number of rotatable bonds is 5. The third kappa shape index (κ3) is 3.87. The van der Waals surface area contributed by atoms with Gasteiger partial charge in [0.15, 0.2) is 11.5 Å². The standard InChI is InChI=1S/C18H20F2N6O/c19-18(20)14-9-17(27)25(12-21-14)10-13-4-7-24(8-5-13)11-16-23-22-15-3-1-2-6-26(15)16/h1-3,6,9,12-13,18H,4-5,7-8,10-11H2. The molecule has 142 valence electrons. The van der Waals surface area contributed by atoms with E-state index in [-0.39, 0.29) is 0 Å². The second-order valence-corrected chi connectivity index (χ2v) is 6.87. The Morgan fingerprint density at radius 1 is 1.19 bits per heavy atom. The molecule has 4 rings (SSSR count). The first-order valence-corrected chi connectivity index (χ1v) is 8.95. The van der Waals surface area contributed by atoms with Crippen molar-refractivity contribution in [1.82, 2.24) is 29.0 Å². The van der Waals surface area contributed by atoms with Gasteiger partial charge < -0.3 is 0 Å². The lowest BCUT2D eigenvalue weighted by molar-refractivity contribution is 0.144. The summed E-state index contributed by atoms with van der Waals surface area (Å²) in [5.74, 6) is 1.24. The van der Waals surface area contributed by atoms with Gasteiger partial charge in [0.1, 0.15) is 5.69 Å². The predicted molar refractivity (Wildman–Crippen MR) is 94.4 cm³/mol. The van der Waals surface area contributed by atoms with Crippen LogP contribution in [0.1, 0.15) is 30.8 Å². The van der Waals surface area contributed by atoms with E-state index in [1.54, 1.807) is 0 Å². The minimum atomic E-state index is -2.72. The van der Waals surface area contributed by atoms with Crippen LogP contribution in [0.25, 0.3) is 5.65 Å². The number of halogens is 2. The van der Waals surface area contributed by atoms with Gasteiger partial charge in [0, 0.05) is 18.8 Å². The molecule has 4 heterocycles. The second-order valence-electron chi connectivity index (χ2n) is 6.87. The summed E-state index contributed by atoms with van der Waals surface area (Å²) in [6.45, 7) is 3.02. The van der Waals surface area contributed by atoms with Crippen molar-refractivity contribution >= 4 is 5.65 Å². The van der Waals surface area contributed by atoms with E-state index < -0.39 is 17.7 Å². The maximum Gasteiger partial charge on any atom is 0.280 e. The monoisotopic (exact) mass is 374 g/mol. The molecule has 0 spiro atoms. The molecule has 0 N–H and O–H groups in total. The molecule has 0 atom stereocenters. The highest BCUT2D eigenvalue weighted by Gasteiger charge is 2.22. The average Bonchev–Trinajstić information content (AvgIpc) is 3.08. The summed E-state index contributed by atoms with van der Waals surface area (Å²) in [5, 5.41) is 8.44. The third-order valence-corrected chi connectivity index (χ3v) is 5.04. The Hall–Kier alpha value is -2.68. The number of piperidine rings is 1. The van der Waals surface area contributed by atoms with E-state index in [0.717, 1.165) is 50.0 Å². The molecule has 1 aliphatic heterocycles. The summed E-state index contributed by atoms with van der Waals surface area (Å²) in [4.78, 5) is 18.0. The van der Waals surface area contributed by atoms with Gasteiger partial charge >= 0.3 is 0 Å². The van der Waals surface area contributed by atoms with E-state index in [1.165, 1.54) is 10.9 Å². The summed E-state index contributed by atoms with van der Waals surface area (Å²) in [5.41, 5.74) is -0.0502. The average molecular weight is 374 g/mol. The minimum Gasteiger partial charge on any atom is -0.299 e. The zero-order valence-electron chi connectivity index (χ0n) is 14.7. The van der Waals surface area contributed by atoms with Gasteiger partial charge in [-0.2, -0.15) is 0 Å². The van der Waals surface area contributed by atoms with E-state index in [0.29, 0.717) is 12.5 Å². The molecule has 9 heteroatoms. The number of nitrogens with zero attached hydrogens (tertiary/aromatic N) is 6. The van der Waals surface area contributed by atoms with Crippen molar-refractivity contribution in [2.24, 2.45) is 5.92 Å². The lowest BCUT2D eigenvalue weighted by Gasteiger charge is -2.31. The first kappa shape index (κ1) is 17.7. The molecular formula is C18H20F2N6O. The van der Waals surface area contributed by atoms with Gasteiger partial charge in [-0.3, -0.25) is 18.7 Å². The van der Waals surface area contributed by atoms with Gasteiger partial charge in [0.25, 0.3) is 12.0 Å². The Morgan fingerprint density at radius 3 is 2.74 bits per heavy atom. The molecule has 0 aromatic carbocycles. The molecular weight excluding hydrogens is 354 g/mol. The number of pyridine rings is 1. The van der Waals surface area contributed by atoms with E-state index in [9.17, 15) is 13.6 Å². The van der Waals surface area contributed by atoms with Crippen LogP contribution >= 0.6 is 0 Å². The summed E-state index contributed by atoms with van der Waals surface area (Å²) in [7, 11) is 0. The molecule has 3 aromatic heterocycles. The molecule has 0 radical (unpaired) electrons. The Kier molecular flexibility index (Phi) is 4.93. The van der Waals surface area contributed by atoms with Crippen molar-refractivity contribution < 1.29 is 8.78 Å². The number of hydrogen-bond acceptors (Lipinski definition) is 5. The number of fused-ring (bicyclic) bond motifs is 1. The highest BCUT2D eigenvalue weighted by atomic mass is 19.3. The first-order valence-electron chi connectivity index (χ1n) is 8.95. The Morgan fingerprint density at radius 2 is 2.00 bits per heavy atom. The largest absolute Gasteiger partial charge is 0.299 e. The van der Waals surface area contributed by atoms with Crippen LogP contribution in [-0.4, -0.2) is 42.1 Å². The first-order chi connectivity index (χ1) is 13.1. The molecule has 7 nitrogen and oxygen atoms in total. The van der Waals surface area contributed by atoms with Crippen LogP contribution in [-0.2, 0) is 13.1 Å². The topological polar surface area (TPSA) is 68.3 Å². The zero-order valence-corrected chi connectivity index (χ0v) is 14.7. The van der Waals surface area contributed by atoms with Crippen LogP contribution in [0.3, 0.4) is 0 Å². The number of likely N-dealkylation sites (tertiary alicyclic amines) is 1. The van der Waals surface area contributed by atoms with Crippen LogP contribution in [0.4, 0.5) is 8.78 Å². The van der Waals surface area contributed by atoms with E-state index >= 15 is 0 Å². The van der Waals surface area contributed by atoms with Crippen LogP contribution in [0.5, 0.6) is 0 Å². The molecule has 3 aromatic rings. The van der Waals surface area contributed by atoms with Crippen LogP contribution in [0, 0.1) is 5.92 Å². The molecule has 27 heavy (non-hydrogen) atoms. The fourth-order valence-corrected chi connectivity index (χ4v) is 3.50. The summed E-state index contributed by atoms with van der Waals surface area (Å²) in [6, 6.07) is 6.74. The summed E-state index contributed by atoms with van der Waals surface area (Å²) >= 11 is 0. The fraction of sp³-hybridized carbons (Fsp3) is 0.444. The lowest BCUT2D eigenvalue weighted by Crippen LogP contribution is -2.36. The van der Waals surface area contributed by atoms with Crippen LogP contribution in [0.15, 0.2) is 41.6 Å².